The predicted molar refractivity (Wildman–Crippen MR) is 91.3 cm³/mol. The standard InChI is InChI=1S/C17H25FN2O2.ClH/c1-21-16-10-13(14(18)11-17(16)22-2)15(9-12-3-4-12)20-7-5-19-6-8-20;/h10-12,15,19H,3-9H2,1-2H3;1H/t15-;/m0./s1. The smallest absolute Gasteiger partial charge is 0.163 e. The van der Waals surface area contributed by atoms with Gasteiger partial charge in [-0.3, -0.25) is 4.90 Å². The van der Waals surface area contributed by atoms with E-state index in [1.165, 1.54) is 26.0 Å². The molecule has 1 atom stereocenters. The third kappa shape index (κ3) is 4.28. The molecule has 0 spiro atoms. The number of halogens is 2. The summed E-state index contributed by atoms with van der Waals surface area (Å²) in [7, 11) is 3.13. The van der Waals surface area contributed by atoms with E-state index in [-0.39, 0.29) is 24.3 Å². The second-order valence-corrected chi connectivity index (χ2v) is 6.21. The molecule has 130 valence electrons. The summed E-state index contributed by atoms with van der Waals surface area (Å²) in [6, 6.07) is 3.41. The number of hydrogen-bond acceptors (Lipinski definition) is 4. The van der Waals surface area contributed by atoms with Crippen LogP contribution in [0.1, 0.15) is 30.9 Å². The van der Waals surface area contributed by atoms with Crippen molar-refractivity contribution in [2.24, 2.45) is 5.92 Å². The molecule has 1 saturated heterocycles. The summed E-state index contributed by atoms with van der Waals surface area (Å²) < 4.78 is 25.2. The lowest BCUT2D eigenvalue weighted by molar-refractivity contribution is 0.157. The Morgan fingerprint density at radius 2 is 1.78 bits per heavy atom. The van der Waals surface area contributed by atoms with Crippen molar-refractivity contribution in [2.75, 3.05) is 40.4 Å². The highest BCUT2D eigenvalue weighted by molar-refractivity contribution is 5.85. The van der Waals surface area contributed by atoms with Crippen molar-refractivity contribution < 1.29 is 13.9 Å². The van der Waals surface area contributed by atoms with E-state index in [9.17, 15) is 4.39 Å². The molecule has 1 aromatic rings. The third-order valence-corrected chi connectivity index (χ3v) is 4.71. The van der Waals surface area contributed by atoms with Crippen molar-refractivity contribution in [3.05, 3.63) is 23.5 Å². The molecule has 1 aliphatic carbocycles. The first-order chi connectivity index (χ1) is 10.7. The van der Waals surface area contributed by atoms with Gasteiger partial charge in [0.15, 0.2) is 11.5 Å². The maximum Gasteiger partial charge on any atom is 0.163 e. The predicted octanol–water partition coefficient (Wildman–Crippen LogP) is 3.01. The van der Waals surface area contributed by atoms with Gasteiger partial charge in [-0.1, -0.05) is 12.8 Å². The zero-order chi connectivity index (χ0) is 15.5. The lowest BCUT2D eigenvalue weighted by Crippen LogP contribution is -2.45. The van der Waals surface area contributed by atoms with Crippen molar-refractivity contribution in [3.63, 3.8) is 0 Å². The van der Waals surface area contributed by atoms with Gasteiger partial charge in [0, 0.05) is 43.9 Å². The normalized spacial score (nSPS) is 19.8. The van der Waals surface area contributed by atoms with Gasteiger partial charge >= 0.3 is 0 Å². The molecule has 0 bridgehead atoms. The first-order valence-electron chi connectivity index (χ1n) is 8.09. The number of methoxy groups -OCH3 is 2. The summed E-state index contributed by atoms with van der Waals surface area (Å²) in [6.07, 6.45) is 3.58. The number of benzene rings is 1. The minimum Gasteiger partial charge on any atom is -0.493 e. The molecule has 0 radical (unpaired) electrons. The summed E-state index contributed by atoms with van der Waals surface area (Å²) in [5, 5.41) is 3.37. The van der Waals surface area contributed by atoms with Crippen LogP contribution in [0.2, 0.25) is 0 Å². The number of hydrogen-bond donors (Lipinski definition) is 1. The zero-order valence-electron chi connectivity index (χ0n) is 13.8. The van der Waals surface area contributed by atoms with Crippen molar-refractivity contribution in [1.29, 1.82) is 0 Å². The van der Waals surface area contributed by atoms with Crippen molar-refractivity contribution in [3.8, 4) is 11.5 Å². The van der Waals surface area contributed by atoms with Crippen LogP contribution in [0, 0.1) is 11.7 Å². The average Bonchev–Trinajstić information content (AvgIpc) is 3.37. The fourth-order valence-electron chi connectivity index (χ4n) is 3.26. The Balaban J connectivity index is 0.00000192. The molecule has 0 aromatic heterocycles. The Morgan fingerprint density at radius 1 is 1.17 bits per heavy atom. The summed E-state index contributed by atoms with van der Waals surface area (Å²) in [5.41, 5.74) is 0.742. The minimum atomic E-state index is -0.193. The molecular formula is C17H26ClFN2O2. The summed E-state index contributed by atoms with van der Waals surface area (Å²) in [4.78, 5) is 2.40. The highest BCUT2D eigenvalue weighted by atomic mass is 35.5. The molecule has 2 fully saturated rings. The van der Waals surface area contributed by atoms with Gasteiger partial charge in [-0.2, -0.15) is 0 Å². The van der Waals surface area contributed by atoms with Gasteiger partial charge < -0.3 is 14.8 Å². The number of rotatable bonds is 6. The van der Waals surface area contributed by atoms with Crippen molar-refractivity contribution >= 4 is 12.4 Å². The quantitative estimate of drug-likeness (QED) is 0.860. The van der Waals surface area contributed by atoms with Gasteiger partial charge in [0.2, 0.25) is 0 Å². The lowest BCUT2D eigenvalue weighted by Gasteiger charge is -2.35. The highest BCUT2D eigenvalue weighted by Crippen LogP contribution is 2.42. The second kappa shape index (κ2) is 8.18. The van der Waals surface area contributed by atoms with E-state index < -0.39 is 0 Å². The molecule has 0 unspecified atom stereocenters. The van der Waals surface area contributed by atoms with E-state index in [0.29, 0.717) is 11.5 Å². The minimum absolute atomic E-state index is 0. The molecule has 2 aliphatic rings. The number of piperazine rings is 1. The SMILES string of the molecule is COc1cc(F)c([C@H](CC2CC2)N2CCNCC2)cc1OC.Cl. The van der Waals surface area contributed by atoms with Gasteiger partial charge in [-0.15, -0.1) is 12.4 Å². The van der Waals surface area contributed by atoms with Crippen LogP contribution in [-0.2, 0) is 0 Å². The van der Waals surface area contributed by atoms with Crippen LogP contribution in [0.3, 0.4) is 0 Å². The first-order valence-corrected chi connectivity index (χ1v) is 8.09. The van der Waals surface area contributed by atoms with E-state index in [1.54, 1.807) is 7.11 Å². The molecule has 1 saturated carbocycles. The number of nitrogens with one attached hydrogen (secondary N) is 1. The molecule has 1 N–H and O–H groups in total. The summed E-state index contributed by atoms with van der Waals surface area (Å²) in [5.74, 6) is 1.61. The van der Waals surface area contributed by atoms with Crippen molar-refractivity contribution in [1.82, 2.24) is 10.2 Å². The van der Waals surface area contributed by atoms with E-state index in [4.69, 9.17) is 9.47 Å². The fraction of sp³-hybridized carbons (Fsp3) is 0.647. The topological polar surface area (TPSA) is 33.7 Å². The average molecular weight is 345 g/mol. The van der Waals surface area contributed by atoms with E-state index in [0.717, 1.165) is 44.1 Å². The van der Waals surface area contributed by atoms with Gasteiger partial charge in [-0.05, 0) is 18.4 Å². The number of ether oxygens (including phenoxy) is 2. The monoisotopic (exact) mass is 344 g/mol. The van der Waals surface area contributed by atoms with Gasteiger partial charge in [0.1, 0.15) is 5.82 Å². The zero-order valence-corrected chi connectivity index (χ0v) is 14.6. The van der Waals surface area contributed by atoms with Crippen LogP contribution in [0.15, 0.2) is 12.1 Å². The van der Waals surface area contributed by atoms with E-state index in [2.05, 4.69) is 10.2 Å². The Bertz CT molecular complexity index is 520. The molecule has 4 nitrogen and oxygen atoms in total. The number of nitrogens with zero attached hydrogens (tertiary/aromatic N) is 1. The summed E-state index contributed by atoms with van der Waals surface area (Å²) in [6.45, 7) is 3.86. The highest BCUT2D eigenvalue weighted by Gasteiger charge is 2.32. The first kappa shape index (κ1) is 18.3. The van der Waals surface area contributed by atoms with Crippen molar-refractivity contribution in [2.45, 2.75) is 25.3 Å². The van der Waals surface area contributed by atoms with Crippen LogP contribution < -0.4 is 14.8 Å². The maximum atomic E-state index is 14.7. The van der Waals surface area contributed by atoms with Crippen LogP contribution in [0.4, 0.5) is 4.39 Å². The second-order valence-electron chi connectivity index (χ2n) is 6.21. The van der Waals surface area contributed by atoms with Crippen LogP contribution in [-0.4, -0.2) is 45.3 Å². The molecule has 23 heavy (non-hydrogen) atoms. The summed E-state index contributed by atoms with van der Waals surface area (Å²) >= 11 is 0. The Labute approximate surface area is 143 Å². The lowest BCUT2D eigenvalue weighted by atomic mass is 9.97. The van der Waals surface area contributed by atoms with Gasteiger partial charge in [-0.25, -0.2) is 4.39 Å². The molecule has 1 heterocycles. The van der Waals surface area contributed by atoms with E-state index in [1.807, 2.05) is 6.07 Å². The van der Waals surface area contributed by atoms with Crippen LogP contribution in [0.25, 0.3) is 0 Å². The Kier molecular flexibility index (Phi) is 6.50. The van der Waals surface area contributed by atoms with Crippen LogP contribution >= 0.6 is 12.4 Å². The largest absolute Gasteiger partial charge is 0.493 e. The maximum absolute atomic E-state index is 14.7. The molecule has 3 rings (SSSR count). The molecular weight excluding hydrogens is 319 g/mol. The Morgan fingerprint density at radius 3 is 2.35 bits per heavy atom. The third-order valence-electron chi connectivity index (χ3n) is 4.71. The molecule has 0 amide bonds. The van der Waals surface area contributed by atoms with Gasteiger partial charge in [0.05, 0.1) is 14.2 Å². The molecule has 6 heteroatoms. The van der Waals surface area contributed by atoms with Crippen LogP contribution in [0.5, 0.6) is 11.5 Å². The Hall–Kier alpha value is -1.04. The fourth-order valence-corrected chi connectivity index (χ4v) is 3.26. The van der Waals surface area contributed by atoms with Gasteiger partial charge in [0.25, 0.3) is 0 Å². The van der Waals surface area contributed by atoms with E-state index >= 15 is 0 Å². The molecule has 1 aliphatic heterocycles. The molecule has 1 aromatic carbocycles.